The van der Waals surface area contributed by atoms with Crippen molar-refractivity contribution in [2.75, 3.05) is 0 Å². The van der Waals surface area contributed by atoms with Gasteiger partial charge in [-0.25, -0.2) is 8.78 Å². The first-order chi connectivity index (χ1) is 17.2. The van der Waals surface area contributed by atoms with E-state index in [1.807, 2.05) is 60.7 Å². The molecule has 0 radical (unpaired) electrons. The van der Waals surface area contributed by atoms with Gasteiger partial charge in [0.15, 0.2) is 0 Å². The van der Waals surface area contributed by atoms with Crippen LogP contribution in [-0.4, -0.2) is 22.2 Å². The van der Waals surface area contributed by atoms with Crippen molar-refractivity contribution in [2.45, 2.75) is 25.7 Å². The molecular formula is C30H26F2O4. The predicted molar refractivity (Wildman–Crippen MR) is 136 cm³/mol. The lowest BCUT2D eigenvalue weighted by atomic mass is 9.97. The molecular weight excluding hydrogens is 462 g/mol. The lowest BCUT2D eigenvalue weighted by Crippen LogP contribution is -2.07. The summed E-state index contributed by atoms with van der Waals surface area (Å²) in [5.41, 5.74) is 3.47. The standard InChI is InChI=1S/2C15H13FO2/c2*1-10(15(17)18)12-7-8-13(14(16)9-12)11-5-3-2-4-6-11/h2*2-10H,1H3,(H,17,18)/t2*10-/m11/s1. The fourth-order valence-electron chi connectivity index (χ4n) is 3.59. The summed E-state index contributed by atoms with van der Waals surface area (Å²) in [7, 11) is 0. The lowest BCUT2D eigenvalue weighted by Gasteiger charge is -2.09. The highest BCUT2D eigenvalue weighted by Gasteiger charge is 2.17. The Bertz CT molecular complexity index is 1230. The summed E-state index contributed by atoms with van der Waals surface area (Å²) in [5, 5.41) is 17.8. The number of carboxylic acids is 2. The highest BCUT2D eigenvalue weighted by atomic mass is 19.1. The Morgan fingerprint density at radius 2 is 0.917 bits per heavy atom. The normalized spacial score (nSPS) is 12.1. The lowest BCUT2D eigenvalue weighted by molar-refractivity contribution is -0.139. The first-order valence-electron chi connectivity index (χ1n) is 11.3. The number of benzene rings is 4. The molecule has 4 aromatic rings. The van der Waals surface area contributed by atoms with Crippen LogP contribution in [0.4, 0.5) is 8.78 Å². The third kappa shape index (κ3) is 6.42. The minimum Gasteiger partial charge on any atom is -0.481 e. The van der Waals surface area contributed by atoms with E-state index >= 15 is 0 Å². The number of aliphatic carboxylic acids is 2. The summed E-state index contributed by atoms with van der Waals surface area (Å²) in [6.45, 7) is 3.08. The van der Waals surface area contributed by atoms with Crippen molar-refractivity contribution in [2.24, 2.45) is 0 Å². The summed E-state index contributed by atoms with van der Waals surface area (Å²) in [4.78, 5) is 21.7. The summed E-state index contributed by atoms with van der Waals surface area (Å²) in [5.74, 6) is -4.11. The van der Waals surface area contributed by atoms with Crippen LogP contribution in [0.5, 0.6) is 0 Å². The molecule has 0 saturated carbocycles. The van der Waals surface area contributed by atoms with E-state index in [-0.39, 0.29) is 0 Å². The van der Waals surface area contributed by atoms with Crippen LogP contribution in [0.15, 0.2) is 97.1 Å². The smallest absolute Gasteiger partial charge is 0.310 e. The van der Waals surface area contributed by atoms with Gasteiger partial charge in [-0.15, -0.1) is 0 Å². The van der Waals surface area contributed by atoms with Gasteiger partial charge in [0.05, 0.1) is 11.8 Å². The molecule has 4 nitrogen and oxygen atoms in total. The van der Waals surface area contributed by atoms with Crippen LogP contribution in [0.3, 0.4) is 0 Å². The summed E-state index contributed by atoms with van der Waals surface area (Å²) in [6.07, 6.45) is 0. The molecule has 0 saturated heterocycles. The minimum atomic E-state index is -0.957. The van der Waals surface area contributed by atoms with Gasteiger partial charge in [-0.3, -0.25) is 9.59 Å². The molecule has 0 bridgehead atoms. The van der Waals surface area contributed by atoms with Gasteiger partial charge in [-0.1, -0.05) is 84.9 Å². The van der Waals surface area contributed by atoms with Crippen molar-refractivity contribution < 1.29 is 28.6 Å². The van der Waals surface area contributed by atoms with E-state index in [9.17, 15) is 18.4 Å². The summed E-state index contributed by atoms with van der Waals surface area (Å²) in [6, 6.07) is 27.5. The molecule has 0 heterocycles. The Labute approximate surface area is 208 Å². The molecule has 4 rings (SSSR count). The minimum absolute atomic E-state index is 0.396. The van der Waals surface area contributed by atoms with Crippen LogP contribution in [0.1, 0.15) is 36.8 Å². The van der Waals surface area contributed by atoms with Gasteiger partial charge >= 0.3 is 11.9 Å². The fourth-order valence-corrected chi connectivity index (χ4v) is 3.59. The van der Waals surface area contributed by atoms with Crippen molar-refractivity contribution in [1.82, 2.24) is 0 Å². The van der Waals surface area contributed by atoms with Crippen LogP contribution >= 0.6 is 0 Å². The SMILES string of the molecule is C[C@@H](C(=O)O)c1ccc(-c2ccccc2)c(F)c1.C[C@@H](C(=O)O)c1ccc(-c2ccccc2)c(F)c1. The second-order valence-electron chi connectivity index (χ2n) is 8.33. The van der Waals surface area contributed by atoms with E-state index in [1.54, 1.807) is 38.1 Å². The van der Waals surface area contributed by atoms with Crippen molar-refractivity contribution in [3.05, 3.63) is 120 Å². The molecule has 36 heavy (non-hydrogen) atoms. The third-order valence-corrected chi connectivity index (χ3v) is 5.90. The van der Waals surface area contributed by atoms with Crippen molar-refractivity contribution in [1.29, 1.82) is 0 Å². The van der Waals surface area contributed by atoms with Gasteiger partial charge in [-0.05, 0) is 48.2 Å². The predicted octanol–water partition coefficient (Wildman–Crippen LogP) is 7.36. The monoisotopic (exact) mass is 488 g/mol. The molecule has 184 valence electrons. The first kappa shape index (κ1) is 26.3. The maximum absolute atomic E-state index is 14.0. The third-order valence-electron chi connectivity index (χ3n) is 5.90. The van der Waals surface area contributed by atoms with Gasteiger partial charge < -0.3 is 10.2 Å². The number of carbonyl (C=O) groups is 2. The van der Waals surface area contributed by atoms with Gasteiger partial charge in [0.2, 0.25) is 0 Å². The van der Waals surface area contributed by atoms with Crippen LogP contribution in [0.2, 0.25) is 0 Å². The average molecular weight is 489 g/mol. The second-order valence-corrected chi connectivity index (χ2v) is 8.33. The van der Waals surface area contributed by atoms with E-state index in [0.29, 0.717) is 22.3 Å². The van der Waals surface area contributed by atoms with Crippen LogP contribution in [0.25, 0.3) is 22.3 Å². The van der Waals surface area contributed by atoms with Gasteiger partial charge in [-0.2, -0.15) is 0 Å². The Morgan fingerprint density at radius 1 is 0.583 bits per heavy atom. The molecule has 0 aliphatic rings. The Morgan fingerprint density at radius 3 is 1.19 bits per heavy atom. The molecule has 6 heteroatoms. The molecule has 0 amide bonds. The second kappa shape index (κ2) is 11.9. The maximum Gasteiger partial charge on any atom is 0.310 e. The Kier molecular flexibility index (Phi) is 8.68. The zero-order chi connectivity index (χ0) is 26.2. The van der Waals surface area contributed by atoms with E-state index < -0.39 is 35.4 Å². The molecule has 2 atom stereocenters. The summed E-state index contributed by atoms with van der Waals surface area (Å²) < 4.78 is 27.9. The highest BCUT2D eigenvalue weighted by Crippen LogP contribution is 2.27. The van der Waals surface area contributed by atoms with E-state index in [1.165, 1.54) is 12.1 Å². The zero-order valence-electron chi connectivity index (χ0n) is 19.9. The molecule has 0 unspecified atom stereocenters. The largest absolute Gasteiger partial charge is 0.481 e. The Balaban J connectivity index is 0.000000201. The van der Waals surface area contributed by atoms with E-state index in [0.717, 1.165) is 11.1 Å². The number of halogens is 2. The number of carboxylic acid groups (broad SMARTS) is 2. The van der Waals surface area contributed by atoms with Crippen LogP contribution < -0.4 is 0 Å². The maximum atomic E-state index is 14.0. The summed E-state index contributed by atoms with van der Waals surface area (Å²) >= 11 is 0. The van der Waals surface area contributed by atoms with Gasteiger partial charge in [0.1, 0.15) is 11.6 Å². The van der Waals surface area contributed by atoms with Gasteiger partial charge in [0.25, 0.3) is 0 Å². The topological polar surface area (TPSA) is 74.6 Å². The molecule has 2 N–H and O–H groups in total. The molecule has 0 spiro atoms. The van der Waals surface area contributed by atoms with E-state index in [2.05, 4.69) is 0 Å². The van der Waals surface area contributed by atoms with Crippen LogP contribution in [0, 0.1) is 11.6 Å². The highest BCUT2D eigenvalue weighted by molar-refractivity contribution is 5.77. The van der Waals surface area contributed by atoms with Crippen molar-refractivity contribution in [3.63, 3.8) is 0 Å². The number of hydrogen-bond acceptors (Lipinski definition) is 2. The number of rotatable bonds is 6. The zero-order valence-corrected chi connectivity index (χ0v) is 19.9. The fraction of sp³-hybridized carbons (Fsp3) is 0.133. The van der Waals surface area contributed by atoms with Crippen molar-refractivity contribution >= 4 is 11.9 Å². The van der Waals surface area contributed by atoms with E-state index in [4.69, 9.17) is 10.2 Å². The molecule has 4 aromatic carbocycles. The van der Waals surface area contributed by atoms with Gasteiger partial charge in [0, 0.05) is 11.1 Å². The number of hydrogen-bond donors (Lipinski definition) is 2. The molecule has 0 aliphatic carbocycles. The first-order valence-corrected chi connectivity index (χ1v) is 11.3. The quantitative estimate of drug-likeness (QED) is 0.297. The molecule has 0 fully saturated rings. The average Bonchev–Trinajstić information content (AvgIpc) is 2.89. The Hall–Kier alpha value is -4.32. The van der Waals surface area contributed by atoms with Crippen LogP contribution in [-0.2, 0) is 9.59 Å². The van der Waals surface area contributed by atoms with Crippen molar-refractivity contribution in [3.8, 4) is 22.3 Å². The molecule has 0 aromatic heterocycles. The molecule has 0 aliphatic heterocycles.